The fourth-order valence-electron chi connectivity index (χ4n) is 3.94. The lowest BCUT2D eigenvalue weighted by Gasteiger charge is -2.26. The number of methoxy groups -OCH3 is 2. The Balaban J connectivity index is 1.55. The van der Waals surface area contributed by atoms with E-state index in [1.807, 2.05) is 25.1 Å². The maximum atomic E-state index is 13.2. The van der Waals surface area contributed by atoms with Gasteiger partial charge in [0.2, 0.25) is 0 Å². The van der Waals surface area contributed by atoms with Gasteiger partial charge in [-0.3, -0.25) is 19.7 Å². The maximum absolute atomic E-state index is 13.2. The molecule has 1 aliphatic rings. The number of anilines is 2. The molecule has 0 unspecified atom stereocenters. The van der Waals surface area contributed by atoms with Gasteiger partial charge in [-0.2, -0.15) is 0 Å². The largest absolute Gasteiger partial charge is 0.493 e. The van der Waals surface area contributed by atoms with Gasteiger partial charge >= 0.3 is 12.0 Å². The molecule has 210 valence electrons. The number of rotatable bonds is 8. The van der Waals surface area contributed by atoms with Gasteiger partial charge in [-0.05, 0) is 72.7 Å². The molecule has 0 spiro atoms. The first kappa shape index (κ1) is 28.8. The third-order valence-corrected chi connectivity index (χ3v) is 6.14. The topological polar surface area (TPSA) is 140 Å². The molecule has 1 aliphatic heterocycles. The van der Waals surface area contributed by atoms with Crippen LogP contribution >= 0.6 is 11.6 Å². The van der Waals surface area contributed by atoms with E-state index >= 15 is 0 Å². The Hall–Kier alpha value is -5.16. The van der Waals surface area contributed by atoms with Crippen LogP contribution in [0.25, 0.3) is 6.08 Å². The molecule has 4 rings (SSSR count). The zero-order valence-electron chi connectivity index (χ0n) is 22.1. The second-order valence-electron chi connectivity index (χ2n) is 8.74. The van der Waals surface area contributed by atoms with E-state index in [1.54, 1.807) is 6.07 Å². The van der Waals surface area contributed by atoms with E-state index in [-0.39, 0.29) is 45.5 Å². The van der Waals surface area contributed by atoms with Crippen molar-refractivity contribution in [3.63, 3.8) is 0 Å². The predicted molar refractivity (Wildman–Crippen MR) is 150 cm³/mol. The van der Waals surface area contributed by atoms with Crippen molar-refractivity contribution in [3.8, 4) is 11.5 Å². The van der Waals surface area contributed by atoms with Crippen LogP contribution in [0.3, 0.4) is 0 Å². The van der Waals surface area contributed by atoms with Crippen molar-refractivity contribution in [2.45, 2.75) is 6.92 Å². The minimum atomic E-state index is -0.953. The Morgan fingerprint density at radius 2 is 1.76 bits per heavy atom. The van der Waals surface area contributed by atoms with Crippen LogP contribution in [0.2, 0.25) is 5.02 Å². The van der Waals surface area contributed by atoms with Crippen molar-refractivity contribution in [1.82, 2.24) is 5.32 Å². The van der Waals surface area contributed by atoms with E-state index in [2.05, 4.69) is 15.4 Å². The Morgan fingerprint density at radius 3 is 2.41 bits per heavy atom. The predicted octanol–water partition coefficient (Wildman–Crippen LogP) is 4.13. The zero-order valence-corrected chi connectivity index (χ0v) is 22.9. The van der Waals surface area contributed by atoms with Gasteiger partial charge < -0.3 is 19.5 Å². The summed E-state index contributed by atoms with van der Waals surface area (Å²) in [4.78, 5) is 63.2. The molecule has 12 heteroatoms. The van der Waals surface area contributed by atoms with Crippen molar-refractivity contribution < 1.29 is 38.2 Å². The Labute approximate surface area is 239 Å². The second-order valence-corrected chi connectivity index (χ2v) is 9.14. The molecule has 0 radical (unpaired) electrons. The molecule has 1 saturated heterocycles. The first-order valence-corrected chi connectivity index (χ1v) is 12.5. The molecule has 0 aliphatic carbocycles. The third kappa shape index (κ3) is 6.53. The molecular formula is C29H24ClN3O8. The van der Waals surface area contributed by atoms with Gasteiger partial charge in [0.05, 0.1) is 30.5 Å². The molecule has 1 heterocycles. The summed E-state index contributed by atoms with van der Waals surface area (Å²) >= 11 is 6.41. The quantitative estimate of drug-likeness (QED) is 0.231. The number of nitrogens with zero attached hydrogens (tertiary/aromatic N) is 1. The van der Waals surface area contributed by atoms with Gasteiger partial charge in [-0.1, -0.05) is 23.7 Å². The fraction of sp³-hybridized carbons (Fsp3) is 0.138. The minimum Gasteiger partial charge on any atom is -0.493 e. The average molecular weight is 578 g/mol. The van der Waals surface area contributed by atoms with Crippen LogP contribution in [0.15, 0.2) is 66.2 Å². The number of esters is 1. The van der Waals surface area contributed by atoms with Gasteiger partial charge in [0.25, 0.3) is 17.7 Å². The maximum Gasteiger partial charge on any atom is 0.337 e. The van der Waals surface area contributed by atoms with Crippen LogP contribution in [0.4, 0.5) is 16.2 Å². The van der Waals surface area contributed by atoms with Gasteiger partial charge in [0.1, 0.15) is 5.57 Å². The summed E-state index contributed by atoms with van der Waals surface area (Å²) in [6.45, 7) is 1.54. The molecule has 0 saturated carbocycles. The first-order valence-electron chi connectivity index (χ1n) is 12.1. The van der Waals surface area contributed by atoms with E-state index in [0.29, 0.717) is 5.69 Å². The third-order valence-electron chi connectivity index (χ3n) is 5.86. The lowest BCUT2D eigenvalue weighted by Crippen LogP contribution is -2.54. The Morgan fingerprint density at radius 1 is 1.02 bits per heavy atom. The van der Waals surface area contributed by atoms with E-state index in [1.165, 1.54) is 56.7 Å². The zero-order chi connectivity index (χ0) is 29.7. The number of hydrogen-bond donors (Lipinski definition) is 2. The van der Waals surface area contributed by atoms with Crippen LogP contribution in [-0.4, -0.2) is 50.5 Å². The van der Waals surface area contributed by atoms with Gasteiger partial charge in [-0.15, -0.1) is 0 Å². The van der Waals surface area contributed by atoms with E-state index in [9.17, 15) is 24.0 Å². The normalized spacial score (nSPS) is 14.0. The van der Waals surface area contributed by atoms with Crippen LogP contribution in [0.1, 0.15) is 21.5 Å². The minimum absolute atomic E-state index is 0.0505. The molecule has 11 nitrogen and oxygen atoms in total. The molecule has 3 aromatic carbocycles. The molecule has 3 aromatic rings. The van der Waals surface area contributed by atoms with E-state index < -0.39 is 29.7 Å². The second kappa shape index (κ2) is 12.3. The number of imide groups is 2. The lowest BCUT2D eigenvalue weighted by molar-refractivity contribution is -0.122. The van der Waals surface area contributed by atoms with Gasteiger partial charge in [0.15, 0.2) is 18.1 Å². The number of urea groups is 1. The van der Waals surface area contributed by atoms with Crippen molar-refractivity contribution in [2.24, 2.45) is 0 Å². The Kier molecular flexibility index (Phi) is 8.69. The van der Waals surface area contributed by atoms with Crippen LogP contribution < -0.4 is 25.0 Å². The summed E-state index contributed by atoms with van der Waals surface area (Å²) in [6.07, 6.45) is 1.24. The number of amides is 5. The van der Waals surface area contributed by atoms with Crippen molar-refractivity contribution in [3.05, 3.63) is 87.9 Å². The molecule has 5 amide bonds. The monoisotopic (exact) mass is 577 g/mol. The lowest BCUT2D eigenvalue weighted by atomic mass is 10.1. The highest BCUT2D eigenvalue weighted by molar-refractivity contribution is 6.39. The molecular weight excluding hydrogens is 554 g/mol. The summed E-state index contributed by atoms with van der Waals surface area (Å²) in [7, 11) is 2.59. The summed E-state index contributed by atoms with van der Waals surface area (Å²) in [6, 6.07) is 14.7. The Bertz CT molecular complexity index is 1580. The van der Waals surface area contributed by atoms with Gasteiger partial charge in [0, 0.05) is 5.69 Å². The highest BCUT2D eigenvalue weighted by Gasteiger charge is 2.37. The number of aryl methyl sites for hydroxylation is 1. The van der Waals surface area contributed by atoms with Crippen molar-refractivity contribution in [1.29, 1.82) is 0 Å². The number of ether oxygens (including phenoxy) is 3. The smallest absolute Gasteiger partial charge is 0.337 e. The number of barbiturate groups is 1. The summed E-state index contributed by atoms with van der Waals surface area (Å²) in [5.41, 5.74) is 1.86. The number of carbonyl (C=O) groups is 5. The van der Waals surface area contributed by atoms with Crippen LogP contribution in [-0.2, 0) is 19.1 Å². The molecule has 41 heavy (non-hydrogen) atoms. The summed E-state index contributed by atoms with van der Waals surface area (Å²) in [5.74, 6) is -2.60. The van der Waals surface area contributed by atoms with E-state index in [4.69, 9.17) is 21.1 Å². The highest BCUT2D eigenvalue weighted by Crippen LogP contribution is 2.37. The number of halogens is 1. The summed E-state index contributed by atoms with van der Waals surface area (Å²) < 4.78 is 15.6. The number of carbonyl (C=O) groups excluding carboxylic acids is 5. The van der Waals surface area contributed by atoms with Crippen LogP contribution in [0, 0.1) is 6.92 Å². The van der Waals surface area contributed by atoms with Crippen molar-refractivity contribution >= 4 is 58.8 Å². The highest BCUT2D eigenvalue weighted by atomic mass is 35.5. The molecule has 0 bridgehead atoms. The average Bonchev–Trinajstić information content (AvgIpc) is 2.94. The number of nitrogens with one attached hydrogen (secondary N) is 2. The molecule has 0 aromatic heterocycles. The summed E-state index contributed by atoms with van der Waals surface area (Å²) in [5, 5.41) is 4.90. The van der Waals surface area contributed by atoms with Crippen molar-refractivity contribution in [2.75, 3.05) is 31.0 Å². The van der Waals surface area contributed by atoms with Crippen LogP contribution in [0.5, 0.6) is 11.5 Å². The molecule has 2 N–H and O–H groups in total. The fourth-order valence-corrected chi connectivity index (χ4v) is 4.22. The van der Waals surface area contributed by atoms with E-state index in [0.717, 1.165) is 10.5 Å². The SMILES string of the molecule is COC(=O)c1ccc(N2C(=O)NC(=O)/C(=C\c3cc(Cl)c(OCC(=O)Nc4cccc(C)c4)c(OC)c3)C2=O)cc1. The molecule has 1 fully saturated rings. The van der Waals surface area contributed by atoms with Gasteiger partial charge in [-0.25, -0.2) is 14.5 Å². The number of hydrogen-bond acceptors (Lipinski definition) is 8. The number of benzene rings is 3. The molecule has 0 atom stereocenters. The standard InChI is InChI=1S/C29H24ClN3O8/c1-16-5-4-6-19(11-16)31-24(34)15-41-25-22(30)13-17(14-23(25)39-2)12-21-26(35)32-29(38)33(27(21)36)20-9-7-18(8-10-20)28(37)40-3/h4-14H,15H2,1-3H3,(H,31,34)(H,32,35,38)/b21-12+. The first-order chi connectivity index (χ1) is 19.6.